The summed E-state index contributed by atoms with van der Waals surface area (Å²) in [6.07, 6.45) is 0.864. The minimum atomic E-state index is -3.32. The molecule has 2 atom stereocenters. The van der Waals surface area contributed by atoms with Crippen molar-refractivity contribution in [2.45, 2.75) is 22.4 Å². The molecule has 17 heavy (non-hydrogen) atoms. The topological polar surface area (TPSA) is 37.4 Å². The summed E-state index contributed by atoms with van der Waals surface area (Å²) in [7, 11) is -3.32. The maximum atomic E-state index is 12.4. The van der Waals surface area contributed by atoms with Crippen LogP contribution in [0.5, 0.6) is 0 Å². The molecule has 0 aromatic carbocycles. The van der Waals surface area contributed by atoms with Crippen LogP contribution in [0.25, 0.3) is 0 Å². The summed E-state index contributed by atoms with van der Waals surface area (Å²) in [6.45, 7) is 3.25. The van der Waals surface area contributed by atoms with E-state index in [0.717, 1.165) is 6.42 Å². The summed E-state index contributed by atoms with van der Waals surface area (Å²) < 4.78 is 27.5. The van der Waals surface area contributed by atoms with Gasteiger partial charge in [-0.25, -0.2) is 8.42 Å². The van der Waals surface area contributed by atoms with Crippen molar-refractivity contribution in [1.82, 2.24) is 4.31 Å². The zero-order valence-corrected chi connectivity index (χ0v) is 14.1. The minimum absolute atomic E-state index is 0.345. The average molecular weight is 403 g/mol. The third-order valence-corrected chi connectivity index (χ3v) is 8.79. The van der Waals surface area contributed by atoms with Gasteiger partial charge in [-0.05, 0) is 39.7 Å². The molecule has 2 unspecified atom stereocenters. The van der Waals surface area contributed by atoms with E-state index in [1.54, 1.807) is 15.8 Å². The maximum Gasteiger partial charge on any atom is 0.253 e. The third-order valence-electron chi connectivity index (χ3n) is 2.92. The lowest BCUT2D eigenvalue weighted by atomic mass is 10.0. The minimum Gasteiger partial charge on any atom is -0.206 e. The second kappa shape index (κ2) is 5.28. The van der Waals surface area contributed by atoms with Crippen LogP contribution >= 0.6 is 43.2 Å². The number of piperidine rings is 1. The number of hydrogen-bond acceptors (Lipinski definition) is 3. The van der Waals surface area contributed by atoms with Crippen molar-refractivity contribution in [3.8, 4) is 0 Å². The summed E-state index contributed by atoms with van der Waals surface area (Å²) in [4.78, 5) is 0.417. The highest BCUT2D eigenvalue weighted by molar-refractivity contribution is 9.10. The highest BCUT2D eigenvalue weighted by atomic mass is 79.9. The Labute approximate surface area is 123 Å². The molecule has 1 aliphatic rings. The number of nitrogens with zero attached hydrogens (tertiary/aromatic N) is 1. The molecule has 0 saturated carbocycles. The van der Waals surface area contributed by atoms with Crippen LogP contribution < -0.4 is 0 Å². The molecular formula is C10H13Br2NO2S2. The van der Waals surface area contributed by atoms with Crippen molar-refractivity contribution in [3.05, 3.63) is 15.9 Å². The summed E-state index contributed by atoms with van der Waals surface area (Å²) >= 11 is 8.14. The van der Waals surface area contributed by atoms with Gasteiger partial charge in [0.1, 0.15) is 4.21 Å². The zero-order chi connectivity index (χ0) is 12.6. The number of hydrogen-bond donors (Lipinski definition) is 0. The monoisotopic (exact) mass is 401 g/mol. The number of rotatable bonds is 2. The molecule has 1 fully saturated rings. The Hall–Kier alpha value is 0.570. The van der Waals surface area contributed by atoms with Crippen LogP contribution in [-0.2, 0) is 10.0 Å². The van der Waals surface area contributed by atoms with Crippen LogP contribution in [-0.4, -0.2) is 30.6 Å². The number of sulfonamides is 1. The van der Waals surface area contributed by atoms with Crippen molar-refractivity contribution in [1.29, 1.82) is 0 Å². The van der Waals surface area contributed by atoms with Gasteiger partial charge < -0.3 is 0 Å². The molecule has 0 radical (unpaired) electrons. The Bertz CT molecular complexity index is 500. The van der Waals surface area contributed by atoms with E-state index in [0.29, 0.717) is 32.5 Å². The predicted molar refractivity (Wildman–Crippen MR) is 77.3 cm³/mol. The molecule has 0 amide bonds. The molecule has 0 aliphatic carbocycles. The predicted octanol–water partition coefficient (Wildman–Crippen LogP) is 3.30. The van der Waals surface area contributed by atoms with E-state index in [1.165, 1.54) is 11.3 Å². The van der Waals surface area contributed by atoms with E-state index < -0.39 is 10.0 Å². The van der Waals surface area contributed by atoms with E-state index in [9.17, 15) is 8.42 Å². The van der Waals surface area contributed by atoms with Crippen molar-refractivity contribution >= 4 is 53.2 Å². The summed E-state index contributed by atoms with van der Waals surface area (Å²) in [5, 5.41) is 1.79. The quantitative estimate of drug-likeness (QED) is 0.711. The van der Waals surface area contributed by atoms with Gasteiger partial charge >= 0.3 is 0 Å². The Kier molecular flexibility index (Phi) is 4.35. The van der Waals surface area contributed by atoms with E-state index in [1.807, 2.05) is 0 Å². The maximum absolute atomic E-state index is 12.4. The van der Waals surface area contributed by atoms with Crippen LogP contribution in [0.15, 0.2) is 20.1 Å². The van der Waals surface area contributed by atoms with Gasteiger partial charge in [-0.2, -0.15) is 4.31 Å². The zero-order valence-electron chi connectivity index (χ0n) is 9.27. The van der Waals surface area contributed by atoms with Gasteiger partial charge in [0.15, 0.2) is 0 Å². The molecule has 7 heteroatoms. The van der Waals surface area contributed by atoms with E-state index in [-0.39, 0.29) is 0 Å². The van der Waals surface area contributed by atoms with Gasteiger partial charge in [0, 0.05) is 22.4 Å². The summed E-state index contributed by atoms with van der Waals surface area (Å²) in [6, 6.07) is 1.78. The van der Waals surface area contributed by atoms with Gasteiger partial charge in [-0.1, -0.05) is 22.9 Å². The first-order valence-corrected chi connectivity index (χ1v) is 9.33. The van der Waals surface area contributed by atoms with Crippen molar-refractivity contribution in [2.24, 2.45) is 5.92 Å². The smallest absolute Gasteiger partial charge is 0.206 e. The summed E-state index contributed by atoms with van der Waals surface area (Å²) in [5.41, 5.74) is 0. The van der Waals surface area contributed by atoms with Crippen LogP contribution in [0.4, 0.5) is 0 Å². The van der Waals surface area contributed by atoms with Crippen molar-refractivity contribution in [3.63, 3.8) is 0 Å². The van der Waals surface area contributed by atoms with E-state index in [4.69, 9.17) is 0 Å². The Balaban J connectivity index is 2.26. The Morgan fingerprint density at radius 2 is 2.24 bits per heavy atom. The van der Waals surface area contributed by atoms with Crippen LogP contribution in [0.3, 0.4) is 0 Å². The molecule has 0 bridgehead atoms. The van der Waals surface area contributed by atoms with Gasteiger partial charge in [-0.3, -0.25) is 0 Å². The molecule has 0 N–H and O–H groups in total. The highest BCUT2D eigenvalue weighted by Gasteiger charge is 2.33. The normalized spacial score (nSPS) is 27.2. The first-order chi connectivity index (χ1) is 7.93. The molecule has 1 aromatic heterocycles. The fraction of sp³-hybridized carbons (Fsp3) is 0.600. The molecule has 2 rings (SSSR count). The average Bonchev–Trinajstić information content (AvgIpc) is 2.69. The Morgan fingerprint density at radius 1 is 1.53 bits per heavy atom. The van der Waals surface area contributed by atoms with Crippen molar-refractivity contribution < 1.29 is 8.42 Å². The lowest BCUT2D eigenvalue weighted by molar-refractivity contribution is 0.292. The van der Waals surface area contributed by atoms with Crippen LogP contribution in [0.1, 0.15) is 13.3 Å². The number of halogens is 2. The van der Waals surface area contributed by atoms with E-state index in [2.05, 4.69) is 38.8 Å². The highest BCUT2D eigenvalue weighted by Crippen LogP contribution is 2.33. The molecule has 2 heterocycles. The first-order valence-electron chi connectivity index (χ1n) is 5.30. The summed E-state index contributed by atoms with van der Waals surface area (Å²) in [5.74, 6) is 0.345. The SMILES string of the molecule is CC1CN(S(=O)(=O)c2sccc2Br)CCC1Br. The molecule has 1 saturated heterocycles. The second-order valence-corrected chi connectivity index (χ2v) is 9.28. The molecule has 1 aromatic rings. The molecule has 96 valence electrons. The number of thiophene rings is 1. The van der Waals surface area contributed by atoms with Crippen molar-refractivity contribution in [2.75, 3.05) is 13.1 Å². The molecule has 0 spiro atoms. The fourth-order valence-corrected chi connectivity index (χ4v) is 6.26. The van der Waals surface area contributed by atoms with Crippen LogP contribution in [0, 0.1) is 5.92 Å². The van der Waals surface area contributed by atoms with Gasteiger partial charge in [0.25, 0.3) is 10.0 Å². The van der Waals surface area contributed by atoms with Crippen LogP contribution in [0.2, 0.25) is 0 Å². The first kappa shape index (κ1) is 14.0. The third kappa shape index (κ3) is 2.78. The molecule has 1 aliphatic heterocycles. The van der Waals surface area contributed by atoms with Gasteiger partial charge in [0.05, 0.1) is 0 Å². The standard InChI is InChI=1S/C10H13Br2NO2S2/c1-7-6-13(4-2-8(7)11)17(14,15)10-9(12)3-5-16-10/h3,5,7-8H,2,4,6H2,1H3. The fourth-order valence-electron chi connectivity index (χ4n) is 1.88. The van der Waals surface area contributed by atoms with Gasteiger partial charge in [0.2, 0.25) is 0 Å². The molecular weight excluding hydrogens is 390 g/mol. The largest absolute Gasteiger partial charge is 0.253 e. The Morgan fingerprint density at radius 3 is 2.76 bits per heavy atom. The molecule has 3 nitrogen and oxygen atoms in total. The lowest BCUT2D eigenvalue weighted by Gasteiger charge is -2.33. The number of alkyl halides is 1. The van der Waals surface area contributed by atoms with Gasteiger partial charge in [-0.15, -0.1) is 11.3 Å². The lowest BCUT2D eigenvalue weighted by Crippen LogP contribution is -2.43. The van der Waals surface area contributed by atoms with E-state index >= 15 is 0 Å². The second-order valence-electron chi connectivity index (χ2n) is 4.20.